The molecule has 3 heterocycles. The Morgan fingerprint density at radius 3 is 2.90 bits per heavy atom. The molecule has 0 bridgehead atoms. The van der Waals surface area contributed by atoms with Crippen LogP contribution in [-0.4, -0.2) is 64.3 Å². The minimum atomic E-state index is -1.01. The summed E-state index contributed by atoms with van der Waals surface area (Å²) in [6.45, 7) is 1.70. The number of carboxylic acid groups (broad SMARTS) is 1. The molecule has 158 valence electrons. The zero-order chi connectivity index (χ0) is 21.6. The van der Waals surface area contributed by atoms with Crippen LogP contribution in [0.25, 0.3) is 10.1 Å². The van der Waals surface area contributed by atoms with E-state index in [2.05, 4.69) is 10.5 Å². The molecule has 0 radical (unpaired) electrons. The third kappa shape index (κ3) is 3.31. The molecule has 2 fully saturated rings. The van der Waals surface area contributed by atoms with Gasteiger partial charge in [-0.25, -0.2) is 4.39 Å². The van der Waals surface area contributed by atoms with Gasteiger partial charge in [0.05, 0.1) is 5.41 Å². The summed E-state index contributed by atoms with van der Waals surface area (Å²) in [4.78, 5) is 43.3. The van der Waals surface area contributed by atoms with Gasteiger partial charge in [-0.15, -0.1) is 23.1 Å². The van der Waals surface area contributed by atoms with Crippen LogP contribution < -0.4 is 5.32 Å². The number of β-lactam (4-membered cyclic amide) rings is 1. The Morgan fingerprint density at radius 2 is 2.20 bits per heavy atom. The van der Waals surface area contributed by atoms with Gasteiger partial charge >= 0.3 is 5.97 Å². The van der Waals surface area contributed by atoms with E-state index in [4.69, 9.17) is 4.84 Å². The average molecular weight is 452 g/mol. The van der Waals surface area contributed by atoms with Crippen LogP contribution in [0.3, 0.4) is 0 Å². The van der Waals surface area contributed by atoms with Crippen molar-refractivity contribution in [2.45, 2.75) is 18.3 Å². The third-order valence-corrected chi connectivity index (χ3v) is 7.84. The van der Waals surface area contributed by atoms with Crippen LogP contribution in [0.2, 0.25) is 0 Å². The summed E-state index contributed by atoms with van der Waals surface area (Å²) in [6, 6.07) is 3.46. The predicted molar refractivity (Wildman–Crippen MR) is 111 cm³/mol. The number of carboxylic acids is 1. The second kappa shape index (κ2) is 7.55. The van der Waals surface area contributed by atoms with Crippen LogP contribution in [0.15, 0.2) is 28.7 Å². The second-order valence-electron chi connectivity index (χ2n) is 7.40. The van der Waals surface area contributed by atoms with Gasteiger partial charge in [0.25, 0.3) is 5.91 Å². The van der Waals surface area contributed by atoms with Crippen LogP contribution >= 0.6 is 23.1 Å². The maximum Gasteiger partial charge on any atom is 0.312 e. The summed E-state index contributed by atoms with van der Waals surface area (Å²) < 4.78 is 14.1. The number of nitrogens with one attached hydrogen (secondary N) is 1. The van der Waals surface area contributed by atoms with Crippen molar-refractivity contribution in [2.75, 3.05) is 19.4 Å². The monoisotopic (exact) mass is 451 g/mol. The van der Waals surface area contributed by atoms with Gasteiger partial charge in [-0.1, -0.05) is 5.16 Å². The lowest BCUT2D eigenvalue weighted by Gasteiger charge is -2.53. The molecule has 2 N–H and O–H groups in total. The van der Waals surface area contributed by atoms with E-state index in [9.17, 15) is 23.9 Å². The number of nitrogens with zero attached hydrogens (tertiary/aromatic N) is 2. The highest BCUT2D eigenvalue weighted by Crippen LogP contribution is 2.42. The van der Waals surface area contributed by atoms with Gasteiger partial charge < -0.3 is 20.2 Å². The molecule has 0 aliphatic carbocycles. The first kappa shape index (κ1) is 20.6. The predicted octanol–water partition coefficient (Wildman–Crippen LogP) is 1.88. The van der Waals surface area contributed by atoms with E-state index in [0.717, 1.165) is 0 Å². The minimum Gasteiger partial charge on any atom is -0.481 e. The second-order valence-corrected chi connectivity index (χ2v) is 9.41. The molecular weight excluding hydrogens is 433 g/mol. The zero-order valence-corrected chi connectivity index (χ0v) is 17.7. The molecule has 3 atom stereocenters. The van der Waals surface area contributed by atoms with Crippen molar-refractivity contribution in [3.05, 3.63) is 35.0 Å². The standard InChI is InChI=1S/C19H18FN3O5S2/c1-19(18(26)27)7-23-16(25)14(17(23)30-8-19)21-15(24)13(22-28-2)11-6-29-12-5-9(20)3-4-10(11)12/h3-6,14,17H,7-8H2,1-2H3,(H,21,24)(H,26,27)/t14?,17-,19?/m1/s1. The number of amides is 2. The fraction of sp³-hybridized carbons (Fsp3) is 0.368. The maximum atomic E-state index is 13.5. The normalized spacial score (nSPS) is 26.2. The molecule has 11 heteroatoms. The number of thiophene rings is 1. The number of carbonyl (C=O) groups excluding carboxylic acids is 2. The number of benzene rings is 1. The molecule has 0 spiro atoms. The summed E-state index contributed by atoms with van der Waals surface area (Å²) in [5.74, 6) is -1.92. The summed E-state index contributed by atoms with van der Waals surface area (Å²) in [5, 5.41) is 17.9. The highest BCUT2D eigenvalue weighted by atomic mass is 32.2. The van der Waals surface area contributed by atoms with Crippen molar-refractivity contribution >= 4 is 56.7 Å². The first-order chi connectivity index (χ1) is 14.2. The van der Waals surface area contributed by atoms with Gasteiger partial charge in [-0.3, -0.25) is 14.4 Å². The highest BCUT2D eigenvalue weighted by Gasteiger charge is 2.56. The molecule has 8 nitrogen and oxygen atoms in total. The highest BCUT2D eigenvalue weighted by molar-refractivity contribution is 8.00. The molecule has 2 unspecified atom stereocenters. The number of halogens is 1. The van der Waals surface area contributed by atoms with Gasteiger partial charge in [0, 0.05) is 33.3 Å². The van der Waals surface area contributed by atoms with Crippen molar-refractivity contribution in [1.82, 2.24) is 10.2 Å². The summed E-state index contributed by atoms with van der Waals surface area (Å²) in [7, 11) is 1.31. The van der Waals surface area contributed by atoms with Crippen LogP contribution in [-0.2, 0) is 19.2 Å². The SMILES string of the molecule is CON=C(C(=O)NC1C(=O)N2CC(C)(C(=O)O)CS[C@H]12)c1csc2cc(F)ccc12. The number of hydrogen-bond acceptors (Lipinski definition) is 7. The van der Waals surface area contributed by atoms with Gasteiger partial charge in [0.15, 0.2) is 5.71 Å². The fourth-order valence-corrected chi connectivity index (χ4v) is 5.99. The average Bonchev–Trinajstić information content (AvgIpc) is 3.12. The van der Waals surface area contributed by atoms with E-state index < -0.39 is 23.3 Å². The van der Waals surface area contributed by atoms with E-state index in [-0.39, 0.29) is 29.4 Å². The molecule has 2 saturated heterocycles. The number of aliphatic carboxylic acids is 1. The van der Waals surface area contributed by atoms with Crippen LogP contribution in [0.4, 0.5) is 4.39 Å². The number of hydrogen-bond donors (Lipinski definition) is 2. The Labute approximate surface area is 179 Å². The summed E-state index contributed by atoms with van der Waals surface area (Å²) in [6.07, 6.45) is 0. The Kier molecular flexibility index (Phi) is 5.18. The van der Waals surface area contributed by atoms with Crippen molar-refractivity contribution in [3.63, 3.8) is 0 Å². The molecule has 2 aromatic rings. The Bertz CT molecular complexity index is 1090. The molecule has 30 heavy (non-hydrogen) atoms. The first-order valence-electron chi connectivity index (χ1n) is 9.00. The topological polar surface area (TPSA) is 108 Å². The van der Waals surface area contributed by atoms with Crippen molar-refractivity contribution in [2.24, 2.45) is 10.6 Å². The van der Waals surface area contributed by atoms with Gasteiger partial charge in [0.2, 0.25) is 5.91 Å². The number of fused-ring (bicyclic) bond motifs is 2. The molecule has 0 saturated carbocycles. The fourth-order valence-electron chi connectivity index (χ4n) is 3.53. The van der Waals surface area contributed by atoms with E-state index in [1.54, 1.807) is 18.4 Å². The zero-order valence-electron chi connectivity index (χ0n) is 16.0. The number of rotatable bonds is 5. The summed E-state index contributed by atoms with van der Waals surface area (Å²) in [5.41, 5.74) is -0.551. The number of thioether (sulfide) groups is 1. The molecule has 2 amide bonds. The van der Waals surface area contributed by atoms with Gasteiger partial charge in [0.1, 0.15) is 24.3 Å². The smallest absolute Gasteiger partial charge is 0.312 e. The molecule has 4 rings (SSSR count). The quantitative estimate of drug-likeness (QED) is 0.408. The van der Waals surface area contributed by atoms with Crippen LogP contribution in [0, 0.1) is 11.2 Å². The molecule has 2 aliphatic rings. The largest absolute Gasteiger partial charge is 0.481 e. The van der Waals surface area contributed by atoms with Crippen LogP contribution in [0.1, 0.15) is 12.5 Å². The maximum absolute atomic E-state index is 13.5. The Morgan fingerprint density at radius 1 is 1.43 bits per heavy atom. The lowest BCUT2D eigenvalue weighted by molar-refractivity contribution is -0.157. The number of carbonyl (C=O) groups is 3. The lowest BCUT2D eigenvalue weighted by Crippen LogP contribution is -2.73. The van der Waals surface area contributed by atoms with Crippen molar-refractivity contribution in [1.29, 1.82) is 0 Å². The molecular formula is C19H18FN3O5S2. The van der Waals surface area contributed by atoms with E-state index in [0.29, 0.717) is 21.4 Å². The third-order valence-electron chi connectivity index (χ3n) is 5.23. The van der Waals surface area contributed by atoms with E-state index >= 15 is 0 Å². The Balaban J connectivity index is 1.53. The minimum absolute atomic E-state index is 0.0159. The summed E-state index contributed by atoms with van der Waals surface area (Å²) >= 11 is 2.60. The van der Waals surface area contributed by atoms with Gasteiger partial charge in [-0.2, -0.15) is 0 Å². The number of oxime groups is 1. The Hall–Kier alpha value is -2.66. The van der Waals surface area contributed by atoms with E-state index in [1.165, 1.54) is 47.2 Å². The molecule has 2 aliphatic heterocycles. The van der Waals surface area contributed by atoms with Crippen molar-refractivity contribution in [3.8, 4) is 0 Å². The van der Waals surface area contributed by atoms with Crippen LogP contribution in [0.5, 0.6) is 0 Å². The molecule has 1 aromatic heterocycles. The van der Waals surface area contributed by atoms with Crippen molar-refractivity contribution < 1.29 is 28.7 Å². The lowest BCUT2D eigenvalue weighted by atomic mass is 9.89. The van der Waals surface area contributed by atoms with Gasteiger partial charge in [-0.05, 0) is 25.1 Å². The first-order valence-corrected chi connectivity index (χ1v) is 10.9. The van der Waals surface area contributed by atoms with E-state index in [1.807, 2.05) is 0 Å². The molecule has 1 aromatic carbocycles.